The van der Waals surface area contributed by atoms with E-state index >= 15 is 0 Å². The molecule has 1 saturated heterocycles. The number of rotatable bonds is 7. The Balaban J connectivity index is 2.17. The Morgan fingerprint density at radius 3 is 2.67 bits per heavy atom. The Labute approximate surface area is 129 Å². The lowest BCUT2D eigenvalue weighted by molar-refractivity contribution is -0.128. The van der Waals surface area contributed by atoms with Gasteiger partial charge < -0.3 is 19.1 Å². The molecule has 1 heterocycles. The molecule has 0 radical (unpaired) electrons. The van der Waals surface area contributed by atoms with Crippen LogP contribution in [0.5, 0.6) is 11.5 Å². The molecule has 2 rings (SSSR count). The molecule has 116 valence electrons. The van der Waals surface area contributed by atoms with Crippen molar-refractivity contribution in [3.63, 3.8) is 0 Å². The van der Waals surface area contributed by atoms with Gasteiger partial charge in [-0.15, -0.1) is 11.8 Å². The van der Waals surface area contributed by atoms with E-state index in [4.69, 9.17) is 14.2 Å². The van der Waals surface area contributed by atoms with Crippen LogP contribution in [-0.4, -0.2) is 51.0 Å². The molecule has 1 aromatic rings. The molecule has 0 aromatic heterocycles. The second-order valence-corrected chi connectivity index (χ2v) is 5.78. The maximum atomic E-state index is 12.0. The van der Waals surface area contributed by atoms with Crippen LogP contribution in [0.15, 0.2) is 18.2 Å². The molecule has 21 heavy (non-hydrogen) atoms. The molecule has 1 fully saturated rings. The summed E-state index contributed by atoms with van der Waals surface area (Å²) in [5.74, 6) is 2.08. The average molecular weight is 311 g/mol. The Bertz CT molecular complexity index is 495. The summed E-state index contributed by atoms with van der Waals surface area (Å²) in [4.78, 5) is 13.9. The van der Waals surface area contributed by atoms with Gasteiger partial charge in [0.15, 0.2) is 11.5 Å². The summed E-state index contributed by atoms with van der Waals surface area (Å²) in [5, 5.41) is 0.0363. The molecular formula is C15H21NO4S. The molecular weight excluding hydrogens is 290 g/mol. The lowest BCUT2D eigenvalue weighted by Crippen LogP contribution is -2.29. The highest BCUT2D eigenvalue weighted by atomic mass is 32.2. The number of benzene rings is 1. The Hall–Kier alpha value is -1.40. The van der Waals surface area contributed by atoms with E-state index in [1.807, 2.05) is 23.1 Å². The van der Waals surface area contributed by atoms with Gasteiger partial charge in [-0.2, -0.15) is 0 Å². The first kappa shape index (κ1) is 16.0. The highest BCUT2D eigenvalue weighted by Crippen LogP contribution is 2.41. The van der Waals surface area contributed by atoms with Crippen molar-refractivity contribution >= 4 is 17.7 Å². The lowest BCUT2D eigenvalue weighted by Gasteiger charge is -2.24. The lowest BCUT2D eigenvalue weighted by atomic mass is 10.1. The van der Waals surface area contributed by atoms with E-state index in [-0.39, 0.29) is 11.3 Å². The van der Waals surface area contributed by atoms with Gasteiger partial charge in [-0.25, -0.2) is 0 Å². The summed E-state index contributed by atoms with van der Waals surface area (Å²) < 4.78 is 15.7. The average Bonchev–Trinajstić information content (AvgIpc) is 2.88. The maximum Gasteiger partial charge on any atom is 0.233 e. The number of hydrogen-bond donors (Lipinski definition) is 0. The molecule has 1 unspecified atom stereocenters. The Kier molecular flexibility index (Phi) is 5.76. The second kappa shape index (κ2) is 7.56. The molecule has 1 aliphatic heterocycles. The normalized spacial score (nSPS) is 18.1. The van der Waals surface area contributed by atoms with Gasteiger partial charge in [-0.1, -0.05) is 6.07 Å². The zero-order chi connectivity index (χ0) is 15.2. The predicted molar refractivity (Wildman–Crippen MR) is 83.0 cm³/mol. The number of thioether (sulfide) groups is 1. The van der Waals surface area contributed by atoms with E-state index < -0.39 is 0 Å². The van der Waals surface area contributed by atoms with Crippen molar-refractivity contribution in [1.29, 1.82) is 0 Å². The van der Waals surface area contributed by atoms with Crippen LogP contribution >= 0.6 is 11.8 Å². The fraction of sp³-hybridized carbons (Fsp3) is 0.533. The van der Waals surface area contributed by atoms with E-state index in [1.54, 1.807) is 33.1 Å². The van der Waals surface area contributed by atoms with Crippen molar-refractivity contribution in [3.05, 3.63) is 23.8 Å². The first-order valence-electron chi connectivity index (χ1n) is 6.83. The van der Waals surface area contributed by atoms with Crippen LogP contribution < -0.4 is 9.47 Å². The third-order valence-corrected chi connectivity index (χ3v) is 4.66. The highest BCUT2D eigenvalue weighted by molar-refractivity contribution is 8.00. The molecule has 0 N–H and O–H groups in total. The van der Waals surface area contributed by atoms with Crippen molar-refractivity contribution in [3.8, 4) is 11.5 Å². The van der Waals surface area contributed by atoms with Gasteiger partial charge in [-0.3, -0.25) is 4.79 Å². The number of hydrogen-bond acceptors (Lipinski definition) is 5. The number of nitrogens with zero attached hydrogens (tertiary/aromatic N) is 1. The molecule has 1 aromatic carbocycles. The smallest absolute Gasteiger partial charge is 0.233 e. The number of amides is 1. The zero-order valence-corrected chi connectivity index (χ0v) is 13.4. The van der Waals surface area contributed by atoms with Crippen molar-refractivity contribution < 1.29 is 19.0 Å². The minimum Gasteiger partial charge on any atom is -0.493 e. The molecule has 1 aliphatic rings. The van der Waals surface area contributed by atoms with Crippen molar-refractivity contribution in [2.45, 2.75) is 11.8 Å². The molecule has 0 aliphatic carbocycles. The summed E-state index contributed by atoms with van der Waals surface area (Å²) >= 11 is 1.64. The zero-order valence-electron chi connectivity index (χ0n) is 12.6. The first-order valence-corrected chi connectivity index (χ1v) is 7.88. The van der Waals surface area contributed by atoms with Gasteiger partial charge in [0.05, 0.1) is 20.0 Å². The molecule has 1 atom stereocenters. The predicted octanol–water partition coefficient (Wildman–Crippen LogP) is 2.31. The van der Waals surface area contributed by atoms with Crippen molar-refractivity contribution in [1.82, 2.24) is 4.90 Å². The Morgan fingerprint density at radius 1 is 1.24 bits per heavy atom. The molecule has 6 heteroatoms. The van der Waals surface area contributed by atoms with Crippen LogP contribution in [0.25, 0.3) is 0 Å². The molecule has 0 bridgehead atoms. The fourth-order valence-corrected chi connectivity index (χ4v) is 3.57. The first-order chi connectivity index (χ1) is 10.2. The van der Waals surface area contributed by atoms with Crippen LogP contribution in [0.4, 0.5) is 0 Å². The van der Waals surface area contributed by atoms with E-state index in [0.717, 1.165) is 12.0 Å². The van der Waals surface area contributed by atoms with E-state index in [9.17, 15) is 4.79 Å². The van der Waals surface area contributed by atoms with Gasteiger partial charge in [0.25, 0.3) is 0 Å². The third-order valence-electron chi connectivity index (χ3n) is 3.41. The molecule has 1 amide bonds. The second-order valence-electron chi connectivity index (χ2n) is 4.71. The van der Waals surface area contributed by atoms with Crippen LogP contribution in [0.1, 0.15) is 17.4 Å². The standard InChI is InChI=1S/C15H21NO4S/c1-18-8-4-7-16-14(17)10-21-15(16)11-5-6-12(19-2)13(9-11)20-3/h5-6,9,15H,4,7-8,10H2,1-3H3. The number of carbonyl (C=O) groups is 1. The van der Waals surface area contributed by atoms with Gasteiger partial charge >= 0.3 is 0 Å². The summed E-state index contributed by atoms with van der Waals surface area (Å²) in [6, 6.07) is 5.81. The van der Waals surface area contributed by atoms with Crippen LogP contribution in [0, 0.1) is 0 Å². The summed E-state index contributed by atoms with van der Waals surface area (Å²) in [7, 11) is 4.90. The number of ether oxygens (including phenoxy) is 3. The summed E-state index contributed by atoms with van der Waals surface area (Å²) in [6.45, 7) is 1.37. The van der Waals surface area contributed by atoms with E-state index in [1.165, 1.54) is 0 Å². The third kappa shape index (κ3) is 3.63. The SMILES string of the molecule is COCCCN1C(=O)CSC1c1ccc(OC)c(OC)c1. The van der Waals surface area contributed by atoms with E-state index in [0.29, 0.717) is 30.4 Å². The monoisotopic (exact) mass is 311 g/mol. The topological polar surface area (TPSA) is 48.0 Å². The van der Waals surface area contributed by atoms with Crippen LogP contribution in [0.2, 0.25) is 0 Å². The van der Waals surface area contributed by atoms with Crippen LogP contribution in [0.3, 0.4) is 0 Å². The van der Waals surface area contributed by atoms with Gasteiger partial charge in [0.2, 0.25) is 5.91 Å². The number of methoxy groups -OCH3 is 3. The Morgan fingerprint density at radius 2 is 2.00 bits per heavy atom. The highest BCUT2D eigenvalue weighted by Gasteiger charge is 2.32. The molecule has 5 nitrogen and oxygen atoms in total. The fourth-order valence-electron chi connectivity index (χ4n) is 2.36. The van der Waals surface area contributed by atoms with E-state index in [2.05, 4.69) is 0 Å². The van der Waals surface area contributed by atoms with Gasteiger partial charge in [-0.05, 0) is 24.1 Å². The number of carbonyl (C=O) groups excluding carboxylic acids is 1. The largest absolute Gasteiger partial charge is 0.493 e. The molecule has 0 saturated carbocycles. The summed E-state index contributed by atoms with van der Waals surface area (Å²) in [5.41, 5.74) is 1.06. The minimum absolute atomic E-state index is 0.0363. The van der Waals surface area contributed by atoms with Crippen molar-refractivity contribution in [2.75, 3.05) is 40.2 Å². The molecule has 0 spiro atoms. The van der Waals surface area contributed by atoms with Crippen molar-refractivity contribution in [2.24, 2.45) is 0 Å². The minimum atomic E-state index is 0.0363. The van der Waals surface area contributed by atoms with Gasteiger partial charge in [0, 0.05) is 20.3 Å². The summed E-state index contributed by atoms with van der Waals surface area (Å²) in [6.07, 6.45) is 0.840. The van der Waals surface area contributed by atoms with Crippen LogP contribution in [-0.2, 0) is 9.53 Å². The quantitative estimate of drug-likeness (QED) is 0.723. The maximum absolute atomic E-state index is 12.0. The van der Waals surface area contributed by atoms with Gasteiger partial charge in [0.1, 0.15) is 5.37 Å².